The van der Waals surface area contributed by atoms with Crippen molar-refractivity contribution in [3.05, 3.63) is 59.9 Å². The lowest BCUT2D eigenvalue weighted by Gasteiger charge is -2.03. The molecule has 0 amide bonds. The third-order valence-corrected chi connectivity index (χ3v) is 3.96. The highest BCUT2D eigenvalue weighted by Gasteiger charge is 2.14. The number of benzene rings is 1. The van der Waals surface area contributed by atoms with Crippen molar-refractivity contribution < 1.29 is 8.78 Å². The predicted molar refractivity (Wildman–Crippen MR) is 73.6 cm³/mol. The van der Waals surface area contributed by atoms with Crippen LogP contribution in [0.2, 0.25) is 0 Å². The molecule has 0 spiro atoms. The SMILES string of the molecule is NCc1c(Sc2ccc(F)cc2F)nc2ccccn12. The summed E-state index contributed by atoms with van der Waals surface area (Å²) in [5.74, 6) is -1.20. The van der Waals surface area contributed by atoms with Gasteiger partial charge in [-0.25, -0.2) is 13.8 Å². The van der Waals surface area contributed by atoms with Crippen molar-refractivity contribution in [2.24, 2.45) is 5.73 Å². The van der Waals surface area contributed by atoms with Crippen LogP contribution < -0.4 is 5.73 Å². The highest BCUT2D eigenvalue weighted by Crippen LogP contribution is 2.32. The first-order valence-electron chi connectivity index (χ1n) is 5.98. The van der Waals surface area contributed by atoms with E-state index in [0.29, 0.717) is 9.92 Å². The van der Waals surface area contributed by atoms with E-state index in [-0.39, 0.29) is 6.54 Å². The Labute approximate surface area is 118 Å². The minimum atomic E-state index is -0.602. The maximum Gasteiger partial charge on any atom is 0.140 e. The largest absolute Gasteiger partial charge is 0.325 e. The third-order valence-electron chi connectivity index (χ3n) is 2.89. The van der Waals surface area contributed by atoms with E-state index in [0.717, 1.165) is 29.2 Å². The molecule has 0 aliphatic rings. The predicted octanol–water partition coefficient (Wildman–Crippen LogP) is 3.22. The molecule has 3 rings (SSSR count). The van der Waals surface area contributed by atoms with Crippen molar-refractivity contribution in [2.45, 2.75) is 16.5 Å². The quantitative estimate of drug-likeness (QED) is 0.805. The lowest BCUT2D eigenvalue weighted by Crippen LogP contribution is -2.01. The number of rotatable bonds is 3. The van der Waals surface area contributed by atoms with Crippen LogP contribution in [0.15, 0.2) is 52.5 Å². The lowest BCUT2D eigenvalue weighted by atomic mass is 10.3. The monoisotopic (exact) mass is 291 g/mol. The molecule has 2 heterocycles. The molecule has 0 atom stereocenters. The van der Waals surface area contributed by atoms with Crippen LogP contribution in [-0.2, 0) is 6.54 Å². The summed E-state index contributed by atoms with van der Waals surface area (Å²) in [6, 6.07) is 9.09. The molecular weight excluding hydrogens is 280 g/mol. The number of nitrogens with two attached hydrogens (primary N) is 1. The van der Waals surface area contributed by atoms with Gasteiger partial charge in [0.1, 0.15) is 22.3 Å². The van der Waals surface area contributed by atoms with Crippen LogP contribution in [0.25, 0.3) is 5.65 Å². The number of fused-ring (bicyclic) bond motifs is 1. The van der Waals surface area contributed by atoms with E-state index in [2.05, 4.69) is 4.98 Å². The number of imidazole rings is 1. The van der Waals surface area contributed by atoms with Gasteiger partial charge in [-0.05, 0) is 24.3 Å². The van der Waals surface area contributed by atoms with Crippen molar-refractivity contribution in [1.82, 2.24) is 9.38 Å². The van der Waals surface area contributed by atoms with Gasteiger partial charge in [-0.2, -0.15) is 0 Å². The fourth-order valence-electron chi connectivity index (χ4n) is 1.95. The van der Waals surface area contributed by atoms with Crippen LogP contribution >= 0.6 is 11.8 Å². The van der Waals surface area contributed by atoms with E-state index in [1.54, 1.807) is 0 Å². The van der Waals surface area contributed by atoms with Gasteiger partial charge in [-0.15, -0.1) is 0 Å². The fraction of sp³-hybridized carbons (Fsp3) is 0.0714. The van der Waals surface area contributed by atoms with E-state index in [1.807, 2.05) is 28.8 Å². The lowest BCUT2D eigenvalue weighted by molar-refractivity contribution is 0.565. The number of halogens is 2. The van der Waals surface area contributed by atoms with Crippen LogP contribution in [0.1, 0.15) is 5.69 Å². The molecule has 0 aliphatic carbocycles. The Hall–Kier alpha value is -1.92. The summed E-state index contributed by atoms with van der Waals surface area (Å²) in [7, 11) is 0. The number of hydrogen-bond donors (Lipinski definition) is 1. The molecule has 0 saturated carbocycles. The van der Waals surface area contributed by atoms with Crippen LogP contribution in [0, 0.1) is 11.6 Å². The van der Waals surface area contributed by atoms with Crippen LogP contribution in [0.5, 0.6) is 0 Å². The Morgan fingerprint density at radius 2 is 2.05 bits per heavy atom. The number of pyridine rings is 1. The molecule has 102 valence electrons. The van der Waals surface area contributed by atoms with Crippen molar-refractivity contribution in [1.29, 1.82) is 0 Å². The summed E-state index contributed by atoms with van der Waals surface area (Å²) >= 11 is 1.15. The first-order chi connectivity index (χ1) is 9.69. The highest BCUT2D eigenvalue weighted by molar-refractivity contribution is 7.99. The Morgan fingerprint density at radius 3 is 2.80 bits per heavy atom. The molecule has 20 heavy (non-hydrogen) atoms. The zero-order valence-electron chi connectivity index (χ0n) is 10.4. The van der Waals surface area contributed by atoms with Gasteiger partial charge in [0, 0.05) is 23.7 Å². The van der Waals surface area contributed by atoms with Crippen molar-refractivity contribution >= 4 is 17.4 Å². The van der Waals surface area contributed by atoms with E-state index >= 15 is 0 Å². The summed E-state index contributed by atoms with van der Waals surface area (Å²) < 4.78 is 28.5. The minimum absolute atomic E-state index is 0.288. The second-order valence-corrected chi connectivity index (χ2v) is 5.20. The van der Waals surface area contributed by atoms with Gasteiger partial charge in [0.05, 0.1) is 5.69 Å². The van der Waals surface area contributed by atoms with E-state index in [1.165, 1.54) is 12.1 Å². The molecule has 2 aromatic heterocycles. The highest BCUT2D eigenvalue weighted by atomic mass is 32.2. The Balaban J connectivity index is 2.06. The number of nitrogens with zero attached hydrogens (tertiary/aromatic N) is 2. The second-order valence-electron chi connectivity index (χ2n) is 4.17. The van der Waals surface area contributed by atoms with E-state index in [9.17, 15) is 8.78 Å². The average Bonchev–Trinajstić information content (AvgIpc) is 2.79. The number of aromatic nitrogens is 2. The van der Waals surface area contributed by atoms with E-state index < -0.39 is 11.6 Å². The maximum absolute atomic E-state index is 13.7. The van der Waals surface area contributed by atoms with Gasteiger partial charge in [-0.1, -0.05) is 17.8 Å². The van der Waals surface area contributed by atoms with Crippen LogP contribution in [0.4, 0.5) is 8.78 Å². The summed E-state index contributed by atoms with van der Waals surface area (Å²) in [6.07, 6.45) is 1.86. The van der Waals surface area contributed by atoms with Crippen LogP contribution in [-0.4, -0.2) is 9.38 Å². The summed E-state index contributed by atoms with van der Waals surface area (Å²) in [5, 5.41) is 0.629. The first-order valence-corrected chi connectivity index (χ1v) is 6.79. The van der Waals surface area contributed by atoms with Crippen molar-refractivity contribution in [2.75, 3.05) is 0 Å². The molecule has 0 unspecified atom stereocenters. The molecule has 0 radical (unpaired) electrons. The van der Waals surface area contributed by atoms with Gasteiger partial charge in [0.2, 0.25) is 0 Å². The summed E-state index contributed by atoms with van der Waals surface area (Å²) in [6.45, 7) is 0.288. The normalized spacial score (nSPS) is 11.2. The van der Waals surface area contributed by atoms with Crippen molar-refractivity contribution in [3.63, 3.8) is 0 Å². The summed E-state index contributed by atoms with van der Waals surface area (Å²) in [4.78, 5) is 4.75. The molecule has 3 nitrogen and oxygen atoms in total. The molecule has 3 aromatic rings. The zero-order valence-corrected chi connectivity index (χ0v) is 11.2. The van der Waals surface area contributed by atoms with E-state index in [4.69, 9.17) is 5.73 Å². The third kappa shape index (κ3) is 2.28. The molecule has 0 fully saturated rings. The molecular formula is C14H11F2N3S. The van der Waals surface area contributed by atoms with Crippen LogP contribution in [0.3, 0.4) is 0 Å². The Bertz CT molecular complexity index is 770. The first kappa shape index (κ1) is 13.1. The fourth-order valence-corrected chi connectivity index (χ4v) is 2.89. The topological polar surface area (TPSA) is 43.3 Å². The Morgan fingerprint density at radius 1 is 1.20 bits per heavy atom. The van der Waals surface area contributed by atoms with Gasteiger partial charge in [0.15, 0.2) is 0 Å². The molecule has 6 heteroatoms. The average molecular weight is 291 g/mol. The zero-order chi connectivity index (χ0) is 14.1. The standard InChI is InChI=1S/C14H11F2N3S/c15-9-4-5-12(10(16)7-9)20-14-11(8-17)19-6-2-1-3-13(19)18-14/h1-7H,8,17H2. The smallest absolute Gasteiger partial charge is 0.140 e. The Kier molecular flexibility index (Phi) is 3.42. The number of hydrogen-bond acceptors (Lipinski definition) is 3. The van der Waals surface area contributed by atoms with Gasteiger partial charge in [0.25, 0.3) is 0 Å². The summed E-state index contributed by atoms with van der Waals surface area (Å²) in [5.41, 5.74) is 7.30. The molecule has 0 bridgehead atoms. The molecule has 1 aromatic carbocycles. The van der Waals surface area contributed by atoms with Gasteiger partial charge >= 0.3 is 0 Å². The molecule has 2 N–H and O–H groups in total. The minimum Gasteiger partial charge on any atom is -0.325 e. The van der Waals surface area contributed by atoms with Crippen molar-refractivity contribution in [3.8, 4) is 0 Å². The maximum atomic E-state index is 13.7. The second kappa shape index (κ2) is 5.22. The van der Waals surface area contributed by atoms with Gasteiger partial charge < -0.3 is 10.1 Å². The molecule has 0 aliphatic heterocycles. The van der Waals surface area contributed by atoms with Gasteiger partial charge in [-0.3, -0.25) is 0 Å². The molecule has 0 saturated heterocycles.